The second-order valence-electron chi connectivity index (χ2n) is 10.1. The molecule has 1 unspecified atom stereocenters. The Hall–Kier alpha value is -2.79. The molecule has 0 radical (unpaired) electrons. The van der Waals surface area contributed by atoms with Crippen LogP contribution in [0.15, 0.2) is 59.4 Å². The average molecular weight is 475 g/mol. The minimum Gasteiger partial charge on any atom is -0.464 e. The standard InChI is InChI=1S/C30H35FN2O2/c31-27-13-12-24(30-25(27)16-21-35-30)22-10-7-18-33(19-14-22)20-15-26(28-11-5-6-17-32-28)29(34)23-8-3-1-2-4-9-23/h5-6,11-14,16-17,21,23,26H,1-4,7-10,15,18-20H2. The van der Waals surface area contributed by atoms with Crippen molar-refractivity contribution < 1.29 is 13.6 Å². The van der Waals surface area contributed by atoms with Crippen LogP contribution < -0.4 is 0 Å². The van der Waals surface area contributed by atoms with E-state index >= 15 is 0 Å². The number of Topliss-reactive ketones (excluding diaryl/α,β-unsaturated/α-hetero) is 1. The van der Waals surface area contributed by atoms with Gasteiger partial charge in [0.1, 0.15) is 17.2 Å². The van der Waals surface area contributed by atoms with Gasteiger partial charge in [-0.15, -0.1) is 0 Å². The number of hydrogen-bond acceptors (Lipinski definition) is 4. The van der Waals surface area contributed by atoms with Crippen LogP contribution in [0.3, 0.4) is 0 Å². The number of carbonyl (C=O) groups is 1. The van der Waals surface area contributed by atoms with E-state index in [4.69, 9.17) is 4.42 Å². The third kappa shape index (κ3) is 5.56. The number of fused-ring (bicyclic) bond motifs is 1. The van der Waals surface area contributed by atoms with Gasteiger partial charge in [0.15, 0.2) is 0 Å². The summed E-state index contributed by atoms with van der Waals surface area (Å²) in [6.45, 7) is 2.67. The van der Waals surface area contributed by atoms with Crippen LogP contribution in [-0.2, 0) is 4.79 Å². The lowest BCUT2D eigenvalue weighted by Crippen LogP contribution is -2.30. The van der Waals surface area contributed by atoms with Crippen molar-refractivity contribution in [2.45, 2.75) is 63.7 Å². The lowest BCUT2D eigenvalue weighted by molar-refractivity contribution is -0.125. The molecular formula is C30H35FN2O2. The molecule has 3 heterocycles. The van der Waals surface area contributed by atoms with Gasteiger partial charge in [0, 0.05) is 24.2 Å². The van der Waals surface area contributed by atoms with Crippen molar-refractivity contribution in [3.63, 3.8) is 0 Å². The number of aromatic nitrogens is 1. The van der Waals surface area contributed by atoms with Crippen molar-refractivity contribution in [3.05, 3.63) is 72.0 Å². The molecule has 2 aliphatic rings. The highest BCUT2D eigenvalue weighted by Crippen LogP contribution is 2.33. The first-order valence-corrected chi connectivity index (χ1v) is 13.2. The monoisotopic (exact) mass is 474 g/mol. The summed E-state index contributed by atoms with van der Waals surface area (Å²) in [6, 6.07) is 11.0. The zero-order valence-electron chi connectivity index (χ0n) is 20.4. The Labute approximate surface area is 207 Å². The molecule has 0 bridgehead atoms. The summed E-state index contributed by atoms with van der Waals surface area (Å²) in [5.41, 5.74) is 3.75. The molecule has 1 aromatic carbocycles. The van der Waals surface area contributed by atoms with E-state index in [9.17, 15) is 9.18 Å². The van der Waals surface area contributed by atoms with Crippen LogP contribution in [0, 0.1) is 11.7 Å². The highest BCUT2D eigenvalue weighted by molar-refractivity contribution is 5.90. The largest absolute Gasteiger partial charge is 0.464 e. The van der Waals surface area contributed by atoms with Crippen molar-refractivity contribution in [2.24, 2.45) is 5.92 Å². The molecule has 1 aliphatic carbocycles. The fourth-order valence-corrected chi connectivity index (χ4v) is 5.83. The number of rotatable bonds is 7. The molecule has 2 aromatic heterocycles. The number of pyridine rings is 1. The maximum absolute atomic E-state index is 14.1. The number of benzene rings is 1. The third-order valence-electron chi connectivity index (χ3n) is 7.81. The molecule has 35 heavy (non-hydrogen) atoms. The van der Waals surface area contributed by atoms with E-state index in [1.165, 1.54) is 24.5 Å². The topological polar surface area (TPSA) is 46.3 Å². The van der Waals surface area contributed by atoms with E-state index < -0.39 is 0 Å². The predicted molar refractivity (Wildman–Crippen MR) is 138 cm³/mol. The van der Waals surface area contributed by atoms with E-state index in [-0.39, 0.29) is 17.7 Å². The first-order valence-electron chi connectivity index (χ1n) is 13.2. The van der Waals surface area contributed by atoms with Gasteiger partial charge in [0.2, 0.25) is 0 Å². The number of allylic oxidation sites excluding steroid dienone is 1. The van der Waals surface area contributed by atoms with Crippen LogP contribution in [0.4, 0.5) is 4.39 Å². The summed E-state index contributed by atoms with van der Waals surface area (Å²) in [4.78, 5) is 20.7. The molecule has 1 aliphatic heterocycles. The zero-order chi connectivity index (χ0) is 24.0. The number of carbonyl (C=O) groups excluding carboxylic acids is 1. The first-order chi connectivity index (χ1) is 17.2. The maximum atomic E-state index is 14.1. The fraction of sp³-hybridized carbons (Fsp3) is 0.467. The predicted octanol–water partition coefficient (Wildman–Crippen LogP) is 7.16. The summed E-state index contributed by atoms with van der Waals surface area (Å²) in [7, 11) is 0. The summed E-state index contributed by atoms with van der Waals surface area (Å²) < 4.78 is 19.8. The molecule has 0 spiro atoms. The van der Waals surface area contributed by atoms with Crippen molar-refractivity contribution in [1.82, 2.24) is 9.88 Å². The van der Waals surface area contributed by atoms with E-state index in [1.54, 1.807) is 12.3 Å². The SMILES string of the molecule is O=C(C1CCCCCC1)C(CCN1CC=C(c2ccc(F)c3ccoc23)CCC1)c1ccccn1. The normalized spacial score (nSPS) is 19.2. The number of furan rings is 1. The maximum Gasteiger partial charge on any atom is 0.145 e. The fourth-order valence-electron chi connectivity index (χ4n) is 5.83. The van der Waals surface area contributed by atoms with Crippen molar-refractivity contribution >= 4 is 22.3 Å². The van der Waals surface area contributed by atoms with E-state index in [2.05, 4.69) is 16.0 Å². The van der Waals surface area contributed by atoms with Crippen molar-refractivity contribution in [3.8, 4) is 0 Å². The van der Waals surface area contributed by atoms with Gasteiger partial charge in [-0.25, -0.2) is 4.39 Å². The van der Waals surface area contributed by atoms with Gasteiger partial charge in [0.25, 0.3) is 0 Å². The van der Waals surface area contributed by atoms with Crippen LogP contribution in [0.5, 0.6) is 0 Å². The molecule has 1 fully saturated rings. The minimum absolute atomic E-state index is 0.133. The second kappa shape index (κ2) is 11.3. The van der Waals surface area contributed by atoms with Crippen molar-refractivity contribution in [2.75, 3.05) is 19.6 Å². The zero-order valence-corrected chi connectivity index (χ0v) is 20.4. The summed E-state index contributed by atoms with van der Waals surface area (Å²) >= 11 is 0. The lowest BCUT2D eigenvalue weighted by Gasteiger charge is -2.25. The van der Waals surface area contributed by atoms with E-state index in [1.807, 2.05) is 30.5 Å². The van der Waals surface area contributed by atoms with Gasteiger partial charge in [-0.1, -0.05) is 37.8 Å². The number of hydrogen-bond donors (Lipinski definition) is 0. The molecule has 1 saturated carbocycles. The summed E-state index contributed by atoms with van der Waals surface area (Å²) in [6.07, 6.45) is 15.3. The van der Waals surface area contributed by atoms with E-state index in [0.717, 1.165) is 75.8 Å². The number of nitrogens with zero attached hydrogens (tertiary/aromatic N) is 2. The Morgan fingerprint density at radius 2 is 1.94 bits per heavy atom. The molecule has 4 nitrogen and oxygen atoms in total. The van der Waals surface area contributed by atoms with Gasteiger partial charge in [0.05, 0.1) is 23.3 Å². The molecule has 0 saturated heterocycles. The van der Waals surface area contributed by atoms with Crippen LogP contribution in [0.2, 0.25) is 0 Å². The molecule has 184 valence electrons. The third-order valence-corrected chi connectivity index (χ3v) is 7.81. The van der Waals surface area contributed by atoms with Gasteiger partial charge < -0.3 is 4.42 Å². The average Bonchev–Trinajstić information content (AvgIpc) is 3.07. The minimum atomic E-state index is -0.243. The lowest BCUT2D eigenvalue weighted by atomic mass is 9.83. The van der Waals surface area contributed by atoms with Gasteiger partial charge in [-0.2, -0.15) is 0 Å². The second-order valence-corrected chi connectivity index (χ2v) is 10.1. The molecular weight excluding hydrogens is 439 g/mol. The van der Waals surface area contributed by atoms with Crippen LogP contribution in [0.25, 0.3) is 16.5 Å². The Balaban J connectivity index is 1.29. The highest BCUT2D eigenvalue weighted by atomic mass is 19.1. The van der Waals surface area contributed by atoms with Crippen LogP contribution >= 0.6 is 0 Å². The van der Waals surface area contributed by atoms with Crippen LogP contribution in [-0.4, -0.2) is 35.3 Å². The van der Waals surface area contributed by atoms with Crippen LogP contribution in [0.1, 0.15) is 75.0 Å². The summed E-state index contributed by atoms with van der Waals surface area (Å²) in [5.74, 6) is 0.190. The van der Waals surface area contributed by atoms with Gasteiger partial charge in [-0.05, 0) is 81.1 Å². The smallest absolute Gasteiger partial charge is 0.145 e. The first kappa shape index (κ1) is 23.9. The van der Waals surface area contributed by atoms with E-state index in [0.29, 0.717) is 16.8 Å². The summed E-state index contributed by atoms with van der Waals surface area (Å²) in [5, 5.41) is 0.541. The molecule has 0 N–H and O–H groups in total. The quantitative estimate of drug-likeness (QED) is 0.341. The molecule has 5 heteroatoms. The molecule has 1 atom stereocenters. The molecule has 5 rings (SSSR count). The number of halogens is 1. The number of ketones is 1. The highest BCUT2D eigenvalue weighted by Gasteiger charge is 2.30. The molecule has 3 aromatic rings. The Morgan fingerprint density at radius 1 is 1.09 bits per heavy atom. The van der Waals surface area contributed by atoms with Gasteiger partial charge in [-0.3, -0.25) is 14.7 Å². The van der Waals surface area contributed by atoms with Gasteiger partial charge >= 0.3 is 0 Å². The Bertz CT molecular complexity index is 1160. The van der Waals surface area contributed by atoms with Crippen molar-refractivity contribution in [1.29, 1.82) is 0 Å². The molecule has 0 amide bonds. The Morgan fingerprint density at radius 3 is 2.74 bits per heavy atom. The Kier molecular flexibility index (Phi) is 7.72.